The third-order valence-corrected chi connectivity index (χ3v) is 4.46. The summed E-state index contributed by atoms with van der Waals surface area (Å²) >= 11 is 1.38. The highest BCUT2D eigenvalue weighted by atomic mass is 32.2. The molecule has 0 aliphatic carbocycles. The van der Waals surface area contributed by atoms with Gasteiger partial charge < -0.3 is 9.52 Å². The Morgan fingerprint density at radius 2 is 2.04 bits per heavy atom. The zero-order valence-electron chi connectivity index (χ0n) is 13.3. The maximum atomic E-state index is 12.7. The molecule has 0 saturated carbocycles. The van der Waals surface area contributed by atoms with Crippen LogP contribution in [0.15, 0.2) is 38.6 Å². The highest BCUT2D eigenvalue weighted by Crippen LogP contribution is 2.22. The first-order valence-corrected chi connectivity index (χ1v) is 8.76. The van der Waals surface area contributed by atoms with Crippen molar-refractivity contribution in [1.82, 2.24) is 19.7 Å². The Kier molecular flexibility index (Phi) is 5.27. The fourth-order valence-electron chi connectivity index (χ4n) is 2.30. The first kappa shape index (κ1) is 16.7. The Labute approximate surface area is 142 Å². The van der Waals surface area contributed by atoms with Crippen molar-refractivity contribution in [1.29, 1.82) is 0 Å². The van der Waals surface area contributed by atoms with E-state index in [1.807, 2.05) is 25.1 Å². The molecule has 1 N–H and O–H groups in total. The molecule has 0 aliphatic heterocycles. The van der Waals surface area contributed by atoms with Crippen LogP contribution in [0, 0.1) is 0 Å². The van der Waals surface area contributed by atoms with Crippen LogP contribution in [-0.2, 0) is 18.7 Å². The second-order valence-electron chi connectivity index (χ2n) is 5.18. The molecule has 126 valence electrons. The standard InChI is InChI=1S/C16H18N4O3S/c1-2-13-18-19-14(23-13)10-24-16-17-12-7-4-3-6-11(12)15(22)20(16)8-5-9-21/h3-4,6-7,21H,2,5,8-10H2,1H3. The van der Waals surface area contributed by atoms with E-state index in [0.717, 1.165) is 0 Å². The maximum Gasteiger partial charge on any atom is 0.262 e. The molecular formula is C16H18N4O3S. The summed E-state index contributed by atoms with van der Waals surface area (Å²) in [5.41, 5.74) is 0.557. The summed E-state index contributed by atoms with van der Waals surface area (Å²) in [6.45, 7) is 2.38. The number of thioether (sulfide) groups is 1. The molecule has 0 fully saturated rings. The number of fused-ring (bicyclic) bond motifs is 1. The van der Waals surface area contributed by atoms with E-state index in [2.05, 4.69) is 15.2 Å². The fourth-order valence-corrected chi connectivity index (χ4v) is 3.16. The number of aliphatic hydroxyl groups excluding tert-OH is 1. The monoisotopic (exact) mass is 346 g/mol. The normalized spacial score (nSPS) is 11.2. The van der Waals surface area contributed by atoms with Crippen LogP contribution in [0.3, 0.4) is 0 Å². The van der Waals surface area contributed by atoms with Crippen LogP contribution >= 0.6 is 11.8 Å². The van der Waals surface area contributed by atoms with Gasteiger partial charge in [-0.15, -0.1) is 10.2 Å². The lowest BCUT2D eigenvalue weighted by atomic mass is 10.2. The maximum absolute atomic E-state index is 12.7. The van der Waals surface area contributed by atoms with E-state index in [4.69, 9.17) is 9.52 Å². The van der Waals surface area contributed by atoms with Gasteiger partial charge in [-0.1, -0.05) is 30.8 Å². The Morgan fingerprint density at radius 3 is 2.79 bits per heavy atom. The molecular weight excluding hydrogens is 328 g/mol. The molecule has 0 radical (unpaired) electrons. The summed E-state index contributed by atoms with van der Waals surface area (Å²) in [6, 6.07) is 7.26. The summed E-state index contributed by atoms with van der Waals surface area (Å²) in [4.78, 5) is 17.3. The number of aryl methyl sites for hydroxylation is 1. The number of hydrogen-bond donors (Lipinski definition) is 1. The number of benzene rings is 1. The third kappa shape index (κ3) is 3.49. The number of aromatic nitrogens is 4. The molecule has 8 heteroatoms. The van der Waals surface area contributed by atoms with Gasteiger partial charge in [0.1, 0.15) is 0 Å². The number of nitrogens with zero attached hydrogens (tertiary/aromatic N) is 4. The molecule has 0 unspecified atom stereocenters. The van der Waals surface area contributed by atoms with E-state index < -0.39 is 0 Å². The van der Waals surface area contributed by atoms with Crippen molar-refractivity contribution < 1.29 is 9.52 Å². The summed E-state index contributed by atoms with van der Waals surface area (Å²) < 4.78 is 7.09. The van der Waals surface area contributed by atoms with Crippen molar-refractivity contribution >= 4 is 22.7 Å². The molecule has 2 aromatic heterocycles. The average Bonchev–Trinajstić information content (AvgIpc) is 3.07. The van der Waals surface area contributed by atoms with Gasteiger partial charge in [-0.2, -0.15) is 0 Å². The van der Waals surface area contributed by atoms with Gasteiger partial charge in [-0.25, -0.2) is 4.98 Å². The highest BCUT2D eigenvalue weighted by Gasteiger charge is 2.13. The van der Waals surface area contributed by atoms with Crippen molar-refractivity contribution in [2.75, 3.05) is 6.61 Å². The van der Waals surface area contributed by atoms with Crippen molar-refractivity contribution in [3.8, 4) is 0 Å². The Balaban J connectivity index is 1.93. The second-order valence-corrected chi connectivity index (χ2v) is 6.12. The van der Waals surface area contributed by atoms with Gasteiger partial charge in [-0.05, 0) is 18.6 Å². The second kappa shape index (κ2) is 7.59. The number of aliphatic hydroxyl groups is 1. The minimum Gasteiger partial charge on any atom is -0.424 e. The lowest BCUT2D eigenvalue weighted by Gasteiger charge is -2.11. The summed E-state index contributed by atoms with van der Waals surface area (Å²) in [5.74, 6) is 1.54. The smallest absolute Gasteiger partial charge is 0.262 e. The van der Waals surface area contributed by atoms with Crippen LogP contribution in [0.2, 0.25) is 0 Å². The van der Waals surface area contributed by atoms with Crippen LogP contribution in [0.5, 0.6) is 0 Å². The SMILES string of the molecule is CCc1nnc(CSc2nc3ccccc3c(=O)n2CCCO)o1. The third-order valence-electron chi connectivity index (χ3n) is 3.50. The summed E-state index contributed by atoms with van der Waals surface area (Å²) in [5, 5.41) is 18.2. The van der Waals surface area contributed by atoms with Crippen LogP contribution in [0.1, 0.15) is 25.1 Å². The van der Waals surface area contributed by atoms with Gasteiger partial charge in [-0.3, -0.25) is 9.36 Å². The van der Waals surface area contributed by atoms with Crippen LogP contribution < -0.4 is 5.56 Å². The lowest BCUT2D eigenvalue weighted by molar-refractivity contribution is 0.276. The molecule has 2 heterocycles. The fraction of sp³-hybridized carbons (Fsp3) is 0.375. The molecule has 0 spiro atoms. The molecule has 24 heavy (non-hydrogen) atoms. The average molecular weight is 346 g/mol. The minimum absolute atomic E-state index is 0.0207. The zero-order valence-corrected chi connectivity index (χ0v) is 14.1. The largest absolute Gasteiger partial charge is 0.424 e. The summed E-state index contributed by atoms with van der Waals surface area (Å²) in [7, 11) is 0. The van der Waals surface area contributed by atoms with E-state index in [9.17, 15) is 4.79 Å². The van der Waals surface area contributed by atoms with E-state index in [0.29, 0.717) is 53.0 Å². The Morgan fingerprint density at radius 1 is 1.25 bits per heavy atom. The van der Waals surface area contributed by atoms with E-state index in [-0.39, 0.29) is 12.2 Å². The Hall–Kier alpha value is -2.19. The minimum atomic E-state index is -0.101. The van der Waals surface area contributed by atoms with Crippen LogP contribution in [0.4, 0.5) is 0 Å². The van der Waals surface area contributed by atoms with Crippen molar-refractivity contribution in [3.05, 3.63) is 46.4 Å². The van der Waals surface area contributed by atoms with Gasteiger partial charge in [0.15, 0.2) is 5.16 Å². The highest BCUT2D eigenvalue weighted by molar-refractivity contribution is 7.98. The number of para-hydroxylation sites is 1. The first-order chi connectivity index (χ1) is 11.7. The van der Waals surface area contributed by atoms with Crippen LogP contribution in [0.25, 0.3) is 10.9 Å². The quantitative estimate of drug-likeness (QED) is 0.516. The molecule has 7 nitrogen and oxygen atoms in total. The molecule has 0 bridgehead atoms. The Bertz CT molecular complexity index is 890. The molecule has 0 aliphatic rings. The first-order valence-electron chi connectivity index (χ1n) is 7.77. The van der Waals surface area contributed by atoms with E-state index in [1.54, 1.807) is 10.6 Å². The molecule has 0 amide bonds. The van der Waals surface area contributed by atoms with Gasteiger partial charge in [0.05, 0.1) is 16.7 Å². The topological polar surface area (TPSA) is 94.0 Å². The number of rotatable bonds is 7. The van der Waals surface area contributed by atoms with Crippen LogP contribution in [-0.4, -0.2) is 31.5 Å². The van der Waals surface area contributed by atoms with Crippen molar-refractivity contribution in [2.45, 2.75) is 37.2 Å². The molecule has 1 aromatic carbocycles. The van der Waals surface area contributed by atoms with Gasteiger partial charge in [0, 0.05) is 19.6 Å². The van der Waals surface area contributed by atoms with Crippen molar-refractivity contribution in [2.24, 2.45) is 0 Å². The van der Waals surface area contributed by atoms with Gasteiger partial charge in [0.2, 0.25) is 11.8 Å². The molecule has 0 saturated heterocycles. The van der Waals surface area contributed by atoms with Crippen molar-refractivity contribution in [3.63, 3.8) is 0 Å². The van der Waals surface area contributed by atoms with Gasteiger partial charge in [0.25, 0.3) is 5.56 Å². The molecule has 3 rings (SSSR count). The predicted molar refractivity (Wildman–Crippen MR) is 90.9 cm³/mol. The molecule has 0 atom stereocenters. The van der Waals surface area contributed by atoms with Gasteiger partial charge >= 0.3 is 0 Å². The number of hydrogen-bond acceptors (Lipinski definition) is 7. The summed E-state index contributed by atoms with van der Waals surface area (Å²) in [6.07, 6.45) is 1.18. The lowest BCUT2D eigenvalue weighted by Crippen LogP contribution is -2.24. The van der Waals surface area contributed by atoms with E-state index >= 15 is 0 Å². The van der Waals surface area contributed by atoms with E-state index in [1.165, 1.54) is 11.8 Å². The predicted octanol–water partition coefficient (Wildman–Crippen LogP) is 2.02. The molecule has 3 aromatic rings. The zero-order chi connectivity index (χ0) is 16.9.